The van der Waals surface area contributed by atoms with Gasteiger partial charge in [-0.2, -0.15) is 0 Å². The van der Waals surface area contributed by atoms with Gasteiger partial charge in [-0.05, 0) is 51.5 Å². The van der Waals surface area contributed by atoms with Crippen LogP contribution < -0.4 is 9.47 Å². The lowest BCUT2D eigenvalue weighted by Gasteiger charge is -2.43. The predicted molar refractivity (Wildman–Crippen MR) is 120 cm³/mol. The molecule has 1 spiro atoms. The molecule has 1 saturated carbocycles. The van der Waals surface area contributed by atoms with Gasteiger partial charge in [-0.15, -0.1) is 0 Å². The number of amides is 3. The molecule has 2 saturated heterocycles. The summed E-state index contributed by atoms with van der Waals surface area (Å²) in [6, 6.07) is 5.94. The highest BCUT2D eigenvalue weighted by atomic mass is 16.7. The minimum Gasteiger partial charge on any atom is -0.454 e. The molecule has 7 heteroatoms. The summed E-state index contributed by atoms with van der Waals surface area (Å²) in [6.07, 6.45) is 7.34. The van der Waals surface area contributed by atoms with E-state index in [0.717, 1.165) is 49.5 Å². The first kappa shape index (κ1) is 21.6. The minimum absolute atomic E-state index is 0.0114. The number of rotatable bonds is 5. The molecule has 3 fully saturated rings. The van der Waals surface area contributed by atoms with Crippen molar-refractivity contribution in [1.29, 1.82) is 0 Å². The van der Waals surface area contributed by atoms with Gasteiger partial charge in [-0.3, -0.25) is 14.6 Å². The van der Waals surface area contributed by atoms with Gasteiger partial charge in [-0.25, -0.2) is 4.79 Å². The largest absolute Gasteiger partial charge is 0.454 e. The number of imide groups is 1. The van der Waals surface area contributed by atoms with Crippen LogP contribution >= 0.6 is 0 Å². The maximum atomic E-state index is 13.7. The number of hydrogen-bond donors (Lipinski definition) is 0. The van der Waals surface area contributed by atoms with Crippen molar-refractivity contribution < 1.29 is 19.1 Å². The summed E-state index contributed by atoms with van der Waals surface area (Å²) in [7, 11) is 0. The average Bonchev–Trinajstić information content (AvgIpc) is 3.35. The molecule has 0 unspecified atom stereocenters. The number of carbonyl (C=O) groups is 2. The van der Waals surface area contributed by atoms with Gasteiger partial charge in [0.05, 0.1) is 0 Å². The zero-order valence-corrected chi connectivity index (χ0v) is 19.3. The van der Waals surface area contributed by atoms with Gasteiger partial charge >= 0.3 is 6.03 Å². The highest BCUT2D eigenvalue weighted by molar-refractivity contribution is 6.07. The van der Waals surface area contributed by atoms with E-state index in [-0.39, 0.29) is 24.8 Å². The van der Waals surface area contributed by atoms with Gasteiger partial charge in [0.15, 0.2) is 11.5 Å². The second kappa shape index (κ2) is 8.58. The molecule has 0 N–H and O–H groups in total. The zero-order chi connectivity index (χ0) is 22.3. The van der Waals surface area contributed by atoms with Gasteiger partial charge in [0, 0.05) is 37.8 Å². The van der Waals surface area contributed by atoms with Crippen molar-refractivity contribution in [2.75, 3.05) is 26.4 Å². The van der Waals surface area contributed by atoms with Crippen LogP contribution in [0, 0.1) is 5.92 Å². The molecule has 1 aliphatic carbocycles. The van der Waals surface area contributed by atoms with Gasteiger partial charge in [0.2, 0.25) is 6.79 Å². The van der Waals surface area contributed by atoms with Crippen molar-refractivity contribution in [1.82, 2.24) is 14.7 Å². The molecule has 3 aliphatic heterocycles. The number of fused-ring (bicyclic) bond motifs is 1. The number of carbonyl (C=O) groups excluding carboxylic acids is 2. The topological polar surface area (TPSA) is 62.3 Å². The number of piperidine rings is 1. The Morgan fingerprint density at radius 2 is 1.81 bits per heavy atom. The predicted octanol–water partition coefficient (Wildman–Crippen LogP) is 4.00. The molecular weight excluding hydrogens is 406 g/mol. The quantitative estimate of drug-likeness (QED) is 0.647. The summed E-state index contributed by atoms with van der Waals surface area (Å²) in [6.45, 7) is 7.26. The highest BCUT2D eigenvalue weighted by Crippen LogP contribution is 2.41. The zero-order valence-electron chi connectivity index (χ0n) is 19.3. The summed E-state index contributed by atoms with van der Waals surface area (Å²) in [5, 5.41) is 0. The fraction of sp³-hybridized carbons (Fsp3) is 0.680. The van der Waals surface area contributed by atoms with Crippen LogP contribution in [0.5, 0.6) is 11.5 Å². The van der Waals surface area contributed by atoms with Crippen molar-refractivity contribution in [3.05, 3.63) is 23.8 Å². The second-order valence-electron chi connectivity index (χ2n) is 10.1. The number of urea groups is 1. The number of benzene rings is 1. The van der Waals surface area contributed by atoms with E-state index in [9.17, 15) is 9.59 Å². The maximum Gasteiger partial charge on any atom is 0.327 e. The normalized spacial score (nSPS) is 23.7. The van der Waals surface area contributed by atoms with Crippen LogP contribution in [0.15, 0.2) is 18.2 Å². The molecule has 1 aromatic carbocycles. The number of ether oxygens (including phenoxy) is 2. The summed E-state index contributed by atoms with van der Waals surface area (Å²) < 4.78 is 11.2. The molecule has 0 aromatic heterocycles. The maximum absolute atomic E-state index is 13.7. The number of nitrogens with zero attached hydrogens (tertiary/aromatic N) is 3. The standard InChI is InChI=1S/C25H35N3O4/c1-18(2)28-24(30)27(15-19-7-4-3-5-8-19)23(29)25(28)11-13-26(14-12-25)16-20-9-6-10-21-22(20)32-17-31-21/h6,9-10,18-19H,3-5,7-8,11-17H2,1-2H3. The molecule has 5 rings (SSSR count). The third kappa shape index (κ3) is 3.64. The van der Waals surface area contributed by atoms with E-state index in [4.69, 9.17) is 9.47 Å². The Balaban J connectivity index is 1.30. The smallest absolute Gasteiger partial charge is 0.327 e. The Labute approximate surface area is 190 Å². The molecule has 3 heterocycles. The summed E-state index contributed by atoms with van der Waals surface area (Å²) >= 11 is 0. The minimum atomic E-state index is -0.686. The number of hydrogen-bond acceptors (Lipinski definition) is 5. The molecule has 1 aromatic rings. The molecular formula is C25H35N3O4. The van der Waals surface area contributed by atoms with Crippen LogP contribution in [-0.4, -0.2) is 64.6 Å². The Morgan fingerprint density at radius 3 is 2.53 bits per heavy atom. The molecule has 0 radical (unpaired) electrons. The van der Waals surface area contributed by atoms with Gasteiger partial charge in [0.25, 0.3) is 5.91 Å². The van der Waals surface area contributed by atoms with E-state index >= 15 is 0 Å². The van der Waals surface area contributed by atoms with Crippen LogP contribution in [0.3, 0.4) is 0 Å². The molecule has 174 valence electrons. The SMILES string of the molecule is CC(C)N1C(=O)N(CC2CCCCC2)C(=O)C12CCN(Cc1cccc3c1OCO3)CC2. The molecule has 4 aliphatic rings. The molecule has 0 bridgehead atoms. The highest BCUT2D eigenvalue weighted by Gasteiger charge is 2.58. The van der Waals surface area contributed by atoms with E-state index in [2.05, 4.69) is 11.0 Å². The third-order valence-electron chi connectivity index (χ3n) is 7.78. The van der Waals surface area contributed by atoms with E-state index < -0.39 is 5.54 Å². The van der Waals surface area contributed by atoms with Crippen LogP contribution in [-0.2, 0) is 11.3 Å². The lowest BCUT2D eigenvalue weighted by Crippen LogP contribution is -2.58. The molecule has 3 amide bonds. The monoisotopic (exact) mass is 441 g/mol. The Morgan fingerprint density at radius 1 is 1.06 bits per heavy atom. The van der Waals surface area contributed by atoms with Crippen LogP contribution in [0.4, 0.5) is 4.79 Å². The fourth-order valence-electron chi connectivity index (χ4n) is 6.15. The number of likely N-dealkylation sites (tertiary alicyclic amines) is 1. The van der Waals surface area contributed by atoms with Gasteiger partial charge in [0.1, 0.15) is 5.54 Å². The Kier molecular flexibility index (Phi) is 5.78. The molecule has 32 heavy (non-hydrogen) atoms. The Hall–Kier alpha value is -2.28. The fourth-order valence-corrected chi connectivity index (χ4v) is 6.15. The van der Waals surface area contributed by atoms with Crippen LogP contribution in [0.2, 0.25) is 0 Å². The summed E-state index contributed by atoms with van der Waals surface area (Å²) in [4.78, 5) is 33.0. The molecule has 0 atom stereocenters. The van der Waals surface area contributed by atoms with Crippen molar-refractivity contribution in [3.63, 3.8) is 0 Å². The first-order valence-corrected chi connectivity index (χ1v) is 12.2. The van der Waals surface area contributed by atoms with Crippen molar-refractivity contribution in [2.24, 2.45) is 5.92 Å². The second-order valence-corrected chi connectivity index (χ2v) is 10.1. The lowest BCUT2D eigenvalue weighted by atomic mass is 9.84. The average molecular weight is 442 g/mol. The van der Waals surface area contributed by atoms with Crippen LogP contribution in [0.25, 0.3) is 0 Å². The van der Waals surface area contributed by atoms with E-state index in [1.165, 1.54) is 19.3 Å². The first-order chi connectivity index (χ1) is 15.5. The van der Waals surface area contributed by atoms with E-state index in [0.29, 0.717) is 25.3 Å². The van der Waals surface area contributed by atoms with Gasteiger partial charge < -0.3 is 14.4 Å². The summed E-state index contributed by atoms with van der Waals surface area (Å²) in [5.41, 5.74) is 0.429. The van der Waals surface area contributed by atoms with E-state index in [1.54, 1.807) is 4.90 Å². The molecule has 7 nitrogen and oxygen atoms in total. The first-order valence-electron chi connectivity index (χ1n) is 12.2. The third-order valence-corrected chi connectivity index (χ3v) is 7.78. The summed E-state index contributed by atoms with van der Waals surface area (Å²) in [5.74, 6) is 2.14. The van der Waals surface area contributed by atoms with Crippen molar-refractivity contribution in [2.45, 2.75) is 76.9 Å². The van der Waals surface area contributed by atoms with Crippen molar-refractivity contribution in [3.8, 4) is 11.5 Å². The van der Waals surface area contributed by atoms with Gasteiger partial charge in [-0.1, -0.05) is 31.4 Å². The van der Waals surface area contributed by atoms with E-state index in [1.807, 2.05) is 30.9 Å². The Bertz CT molecular complexity index is 872. The lowest BCUT2D eigenvalue weighted by molar-refractivity contribution is -0.136. The number of para-hydroxylation sites is 1. The van der Waals surface area contributed by atoms with Crippen molar-refractivity contribution >= 4 is 11.9 Å². The van der Waals surface area contributed by atoms with Crippen LogP contribution in [0.1, 0.15) is 64.4 Å².